The standard InChI is InChI=1S/C23H25N3O3S/c1-29-22(28)17-30-13-12-21(27)24-14-20-16-26(15-18-8-4-2-5-9-18)25-23(20)19-10-6-3-7-11-19/h2-11,16H,12-15,17H2,1H3,(H,24,27). The molecule has 0 radical (unpaired) electrons. The lowest BCUT2D eigenvalue weighted by Gasteiger charge is -2.06. The van der Waals surface area contributed by atoms with Crippen LogP contribution in [0.3, 0.4) is 0 Å². The van der Waals surface area contributed by atoms with Gasteiger partial charge in [-0.3, -0.25) is 14.3 Å². The predicted molar refractivity (Wildman–Crippen MR) is 119 cm³/mol. The fraction of sp³-hybridized carbons (Fsp3) is 0.261. The second-order valence-corrected chi connectivity index (χ2v) is 7.81. The molecule has 1 aromatic heterocycles. The average molecular weight is 424 g/mol. The fourth-order valence-electron chi connectivity index (χ4n) is 2.94. The van der Waals surface area contributed by atoms with E-state index in [4.69, 9.17) is 5.10 Å². The van der Waals surface area contributed by atoms with Crippen LogP contribution >= 0.6 is 11.8 Å². The van der Waals surface area contributed by atoms with Crippen LogP contribution in [0.5, 0.6) is 0 Å². The zero-order valence-electron chi connectivity index (χ0n) is 16.9. The highest BCUT2D eigenvalue weighted by Crippen LogP contribution is 2.22. The van der Waals surface area contributed by atoms with E-state index in [0.29, 0.717) is 25.3 Å². The summed E-state index contributed by atoms with van der Waals surface area (Å²) in [6.45, 7) is 1.07. The van der Waals surface area contributed by atoms with E-state index in [9.17, 15) is 9.59 Å². The molecule has 1 heterocycles. The van der Waals surface area contributed by atoms with Gasteiger partial charge in [-0.2, -0.15) is 5.10 Å². The molecule has 156 valence electrons. The van der Waals surface area contributed by atoms with E-state index in [2.05, 4.69) is 22.2 Å². The maximum Gasteiger partial charge on any atom is 0.315 e. The van der Waals surface area contributed by atoms with E-state index in [1.807, 2.05) is 59.4 Å². The van der Waals surface area contributed by atoms with Crippen molar-refractivity contribution >= 4 is 23.6 Å². The predicted octanol–water partition coefficient (Wildman–Crippen LogP) is 3.51. The zero-order chi connectivity index (χ0) is 21.2. The first-order valence-corrected chi connectivity index (χ1v) is 10.9. The summed E-state index contributed by atoms with van der Waals surface area (Å²) in [4.78, 5) is 23.3. The summed E-state index contributed by atoms with van der Waals surface area (Å²) in [5.74, 6) is 0.495. The number of nitrogens with one attached hydrogen (secondary N) is 1. The highest BCUT2D eigenvalue weighted by molar-refractivity contribution is 7.99. The number of amides is 1. The van der Waals surface area contributed by atoms with Gasteiger partial charge in [0.05, 0.1) is 25.1 Å². The Balaban J connectivity index is 1.63. The number of rotatable bonds is 10. The summed E-state index contributed by atoms with van der Waals surface area (Å²) < 4.78 is 6.50. The minimum Gasteiger partial charge on any atom is -0.468 e. The Kier molecular flexibility index (Phi) is 8.09. The van der Waals surface area contributed by atoms with Gasteiger partial charge in [0.15, 0.2) is 0 Å². The van der Waals surface area contributed by atoms with Crippen molar-refractivity contribution in [2.75, 3.05) is 18.6 Å². The molecule has 30 heavy (non-hydrogen) atoms. The molecule has 0 aliphatic carbocycles. The Morgan fingerprint density at radius 1 is 1.07 bits per heavy atom. The number of aromatic nitrogens is 2. The van der Waals surface area contributed by atoms with Crippen molar-refractivity contribution in [1.82, 2.24) is 15.1 Å². The van der Waals surface area contributed by atoms with Crippen molar-refractivity contribution in [1.29, 1.82) is 0 Å². The van der Waals surface area contributed by atoms with E-state index < -0.39 is 0 Å². The number of carbonyl (C=O) groups is 2. The van der Waals surface area contributed by atoms with Crippen LogP contribution in [-0.4, -0.2) is 40.3 Å². The summed E-state index contributed by atoms with van der Waals surface area (Å²) in [5.41, 5.74) is 4.01. The summed E-state index contributed by atoms with van der Waals surface area (Å²) >= 11 is 1.39. The first kappa shape index (κ1) is 21.6. The monoisotopic (exact) mass is 423 g/mol. The Hall–Kier alpha value is -3.06. The number of benzene rings is 2. The molecule has 1 amide bonds. The quantitative estimate of drug-likeness (QED) is 0.399. The first-order chi connectivity index (χ1) is 14.7. The molecule has 0 saturated heterocycles. The lowest BCUT2D eigenvalue weighted by molar-refractivity contribution is -0.137. The Bertz CT molecular complexity index is 958. The number of hydrogen-bond acceptors (Lipinski definition) is 5. The van der Waals surface area contributed by atoms with Gasteiger partial charge in [-0.15, -0.1) is 11.8 Å². The van der Waals surface area contributed by atoms with Gasteiger partial charge < -0.3 is 10.1 Å². The van der Waals surface area contributed by atoms with Gasteiger partial charge in [0.1, 0.15) is 0 Å². The third kappa shape index (κ3) is 6.49. The molecule has 0 atom stereocenters. The number of thioether (sulfide) groups is 1. The molecule has 0 spiro atoms. The van der Waals surface area contributed by atoms with Crippen molar-refractivity contribution in [3.05, 3.63) is 78.0 Å². The molecule has 2 aromatic carbocycles. The maximum atomic E-state index is 12.2. The van der Waals surface area contributed by atoms with Gasteiger partial charge in [-0.25, -0.2) is 0 Å². The van der Waals surface area contributed by atoms with Crippen molar-refractivity contribution in [2.24, 2.45) is 0 Å². The van der Waals surface area contributed by atoms with Crippen LogP contribution in [0.25, 0.3) is 11.3 Å². The van der Waals surface area contributed by atoms with Gasteiger partial charge in [0.25, 0.3) is 0 Å². The van der Waals surface area contributed by atoms with Gasteiger partial charge in [-0.1, -0.05) is 60.7 Å². The van der Waals surface area contributed by atoms with Crippen LogP contribution in [0.4, 0.5) is 0 Å². The van der Waals surface area contributed by atoms with Crippen molar-refractivity contribution in [3.8, 4) is 11.3 Å². The van der Waals surface area contributed by atoms with Gasteiger partial charge in [-0.05, 0) is 5.56 Å². The highest BCUT2D eigenvalue weighted by atomic mass is 32.2. The van der Waals surface area contributed by atoms with Crippen LogP contribution in [0.15, 0.2) is 66.9 Å². The molecule has 0 aliphatic heterocycles. The Morgan fingerprint density at radius 2 is 1.77 bits per heavy atom. The van der Waals surface area contributed by atoms with Crippen LogP contribution < -0.4 is 5.32 Å². The van der Waals surface area contributed by atoms with Crippen LogP contribution in [0.2, 0.25) is 0 Å². The summed E-state index contributed by atoms with van der Waals surface area (Å²) in [7, 11) is 1.36. The lowest BCUT2D eigenvalue weighted by atomic mass is 10.1. The Labute approximate surface area is 180 Å². The van der Waals surface area contributed by atoms with E-state index >= 15 is 0 Å². The second-order valence-electron chi connectivity index (χ2n) is 6.71. The number of ether oxygens (including phenoxy) is 1. The molecule has 0 aliphatic rings. The average Bonchev–Trinajstić information content (AvgIpc) is 3.19. The van der Waals surface area contributed by atoms with Crippen LogP contribution in [0.1, 0.15) is 17.5 Å². The normalized spacial score (nSPS) is 10.6. The van der Waals surface area contributed by atoms with Crippen molar-refractivity contribution in [3.63, 3.8) is 0 Å². The molecule has 0 fully saturated rings. The van der Waals surface area contributed by atoms with Crippen LogP contribution in [-0.2, 0) is 27.4 Å². The zero-order valence-corrected chi connectivity index (χ0v) is 17.7. The molecular formula is C23H25N3O3S. The molecular weight excluding hydrogens is 398 g/mol. The van der Waals surface area contributed by atoms with Gasteiger partial charge >= 0.3 is 5.97 Å². The third-order valence-corrected chi connectivity index (χ3v) is 5.40. The third-order valence-electron chi connectivity index (χ3n) is 4.47. The number of esters is 1. The number of hydrogen-bond donors (Lipinski definition) is 1. The minimum atomic E-state index is -0.279. The SMILES string of the molecule is COC(=O)CSCCC(=O)NCc1cn(Cc2ccccc2)nc1-c1ccccc1. The molecule has 0 bridgehead atoms. The molecule has 0 unspecified atom stereocenters. The second kappa shape index (κ2) is 11.2. The summed E-state index contributed by atoms with van der Waals surface area (Å²) in [6, 6.07) is 20.1. The summed E-state index contributed by atoms with van der Waals surface area (Å²) in [5, 5.41) is 7.73. The first-order valence-electron chi connectivity index (χ1n) is 9.72. The van der Waals surface area contributed by atoms with E-state index in [1.165, 1.54) is 18.9 Å². The maximum absolute atomic E-state index is 12.2. The molecule has 3 aromatic rings. The van der Waals surface area contributed by atoms with Crippen LogP contribution in [0, 0.1) is 0 Å². The smallest absolute Gasteiger partial charge is 0.315 e. The lowest BCUT2D eigenvalue weighted by Crippen LogP contribution is -2.23. The van der Waals surface area contributed by atoms with E-state index in [1.54, 1.807) is 0 Å². The van der Waals surface area contributed by atoms with Crippen molar-refractivity contribution < 1.29 is 14.3 Å². The molecule has 3 rings (SSSR count). The summed E-state index contributed by atoms with van der Waals surface area (Å²) in [6.07, 6.45) is 2.34. The topological polar surface area (TPSA) is 73.2 Å². The molecule has 7 heteroatoms. The number of carbonyl (C=O) groups excluding carboxylic acids is 2. The number of nitrogens with zero attached hydrogens (tertiary/aromatic N) is 2. The highest BCUT2D eigenvalue weighted by Gasteiger charge is 2.13. The fourth-order valence-corrected chi connectivity index (χ4v) is 3.70. The molecule has 1 N–H and O–H groups in total. The Morgan fingerprint density at radius 3 is 2.47 bits per heavy atom. The molecule has 6 nitrogen and oxygen atoms in total. The van der Waals surface area contributed by atoms with Gasteiger partial charge in [0, 0.05) is 36.0 Å². The van der Waals surface area contributed by atoms with E-state index in [-0.39, 0.29) is 17.6 Å². The molecule has 0 saturated carbocycles. The number of methoxy groups -OCH3 is 1. The van der Waals surface area contributed by atoms with Crippen molar-refractivity contribution in [2.45, 2.75) is 19.5 Å². The minimum absolute atomic E-state index is 0.0535. The van der Waals surface area contributed by atoms with E-state index in [0.717, 1.165) is 22.4 Å². The van der Waals surface area contributed by atoms with Gasteiger partial charge in [0.2, 0.25) is 5.91 Å². The largest absolute Gasteiger partial charge is 0.468 e.